The van der Waals surface area contributed by atoms with Crippen molar-refractivity contribution in [2.24, 2.45) is 12.5 Å². The van der Waals surface area contributed by atoms with Crippen LogP contribution in [0.2, 0.25) is 0 Å². The largest absolute Gasteiger partial charge is 1.00 e. The second-order valence-electron chi connectivity index (χ2n) is 15.2. The molecule has 0 bridgehead atoms. The van der Waals surface area contributed by atoms with Crippen molar-refractivity contribution in [3.63, 3.8) is 0 Å². The average Bonchev–Trinajstić information content (AvgIpc) is 3.46. The molecule has 4 aromatic rings. The van der Waals surface area contributed by atoms with E-state index in [0.717, 1.165) is 22.0 Å². The molecule has 0 radical (unpaired) electrons. The molecule has 3 aromatic carbocycles. The molecule has 6 rings (SSSR count). The summed E-state index contributed by atoms with van der Waals surface area (Å²) in [5.74, 6) is -0.879. The van der Waals surface area contributed by atoms with Crippen LogP contribution >= 0.6 is 7.82 Å². The molecule has 2 aliphatic heterocycles. The van der Waals surface area contributed by atoms with Crippen molar-refractivity contribution in [1.29, 1.82) is 0 Å². The van der Waals surface area contributed by atoms with Crippen molar-refractivity contribution >= 4 is 42.4 Å². The SMILES string of the molecule is C=CCN1CC(=O)N2[C@@H](Cc3ccc(OP(=O)([O-])[O-])cc3)C(=O)N(Cc3cccc4c(C(=O)CC(C)(C)C)cn(C)c34)C[C@@H]2N1C(=O)NCc1ccccc1.[Na+].[Na+]. The van der Waals surface area contributed by atoms with Crippen LogP contribution in [0.3, 0.4) is 0 Å². The maximum Gasteiger partial charge on any atom is 1.00 e. The number of benzene rings is 3. The molecule has 57 heavy (non-hydrogen) atoms. The van der Waals surface area contributed by atoms with E-state index in [0.29, 0.717) is 17.5 Å². The van der Waals surface area contributed by atoms with Crippen LogP contribution in [0.5, 0.6) is 5.75 Å². The van der Waals surface area contributed by atoms with E-state index in [-0.39, 0.29) is 127 Å². The Morgan fingerprint density at radius 3 is 2.30 bits per heavy atom. The van der Waals surface area contributed by atoms with Crippen LogP contribution in [0, 0.1) is 5.41 Å². The van der Waals surface area contributed by atoms with Gasteiger partial charge in [-0.25, -0.2) is 14.8 Å². The van der Waals surface area contributed by atoms with Gasteiger partial charge in [0.25, 0.3) is 0 Å². The summed E-state index contributed by atoms with van der Waals surface area (Å²) in [4.78, 5) is 81.7. The van der Waals surface area contributed by atoms with Gasteiger partial charge in [0.15, 0.2) is 5.78 Å². The van der Waals surface area contributed by atoms with E-state index in [1.165, 1.54) is 34.2 Å². The van der Waals surface area contributed by atoms with Crippen molar-refractivity contribution in [3.8, 4) is 5.75 Å². The van der Waals surface area contributed by atoms with E-state index < -0.39 is 26.1 Å². The summed E-state index contributed by atoms with van der Waals surface area (Å²) in [6, 6.07) is 19.2. The van der Waals surface area contributed by atoms with Gasteiger partial charge in [-0.15, -0.1) is 6.58 Å². The van der Waals surface area contributed by atoms with Gasteiger partial charge in [0, 0.05) is 56.7 Å². The van der Waals surface area contributed by atoms with Crippen LogP contribution in [-0.4, -0.2) is 79.9 Å². The Morgan fingerprint density at radius 1 is 0.982 bits per heavy atom. The van der Waals surface area contributed by atoms with Crippen molar-refractivity contribution in [1.82, 2.24) is 29.7 Å². The van der Waals surface area contributed by atoms with Crippen molar-refractivity contribution in [3.05, 3.63) is 114 Å². The summed E-state index contributed by atoms with van der Waals surface area (Å²) in [7, 11) is -3.43. The Labute approximate surface area is 377 Å². The molecule has 1 N–H and O–H groups in total. The second-order valence-corrected chi connectivity index (χ2v) is 16.2. The zero-order chi connectivity index (χ0) is 39.7. The molecular weight excluding hydrogens is 769 g/mol. The molecular formula is C40H45N6Na2O8P. The minimum atomic E-state index is -5.29. The monoisotopic (exact) mass is 814 g/mol. The summed E-state index contributed by atoms with van der Waals surface area (Å²) in [6.07, 6.45) is 2.89. The van der Waals surface area contributed by atoms with Gasteiger partial charge in [-0.2, -0.15) is 0 Å². The first-order chi connectivity index (χ1) is 26.0. The number of carbonyl (C=O) groups is 4. The third-order valence-corrected chi connectivity index (χ3v) is 10.1. The van der Waals surface area contributed by atoms with Crippen LogP contribution in [0.25, 0.3) is 10.9 Å². The number of amides is 4. The fraction of sp³-hybridized carbons (Fsp3) is 0.350. The van der Waals surface area contributed by atoms with Gasteiger partial charge in [0.05, 0.1) is 18.6 Å². The number of rotatable bonds is 12. The number of para-hydroxylation sites is 1. The standard InChI is InChI=1S/C40H47N6O8P.2Na/c1-6-19-44-26-36(48)45-33(20-27-15-17-30(18-16-27)54-55(51,52)53)38(49)43(25-35(45)46(44)39(50)41-22-28-11-8-7-9-12-28)23-29-13-10-14-31-32(24-42(5)37(29)31)34(47)21-40(2,3)4;;/h6-18,24,33,35H,1,19-23,25-26H2,2-5H3,(H,41,50)(H2,51,52,53);;/q;2*+1/p-2/t33-,35-;;/m0../s1. The van der Waals surface area contributed by atoms with Gasteiger partial charge < -0.3 is 38.6 Å². The number of piperazine rings is 1. The van der Waals surface area contributed by atoms with Crippen LogP contribution in [0.4, 0.5) is 4.79 Å². The van der Waals surface area contributed by atoms with E-state index in [9.17, 15) is 33.5 Å². The molecule has 4 amide bonds. The molecule has 0 aliphatic carbocycles. The van der Waals surface area contributed by atoms with Crippen LogP contribution in [-0.2, 0) is 40.7 Å². The Hall–Kier alpha value is -3.27. The van der Waals surface area contributed by atoms with Crippen LogP contribution in [0.15, 0.2) is 91.6 Å². The number of hydrogen-bond acceptors (Lipinski definition) is 9. The Balaban J connectivity index is 0.00000360. The smallest absolute Gasteiger partial charge is 0.780 e. The van der Waals surface area contributed by atoms with Gasteiger partial charge in [-0.1, -0.05) is 87.5 Å². The fourth-order valence-electron chi connectivity index (χ4n) is 7.42. The molecule has 2 saturated heterocycles. The fourth-order valence-corrected chi connectivity index (χ4v) is 7.80. The first-order valence-electron chi connectivity index (χ1n) is 18.0. The molecule has 0 spiro atoms. The summed E-state index contributed by atoms with van der Waals surface area (Å²) in [5.41, 5.74) is 3.40. The Bertz CT molecular complexity index is 2150. The molecule has 17 heteroatoms. The van der Waals surface area contributed by atoms with E-state index in [2.05, 4.69) is 16.4 Å². The average molecular weight is 815 g/mol. The second kappa shape index (κ2) is 19.2. The number of ketones is 1. The minimum absolute atomic E-state index is 0. The van der Waals surface area contributed by atoms with Gasteiger partial charge in [-0.05, 0) is 34.2 Å². The molecule has 2 atom stereocenters. The molecule has 2 aliphatic rings. The molecule has 3 heterocycles. The molecule has 0 unspecified atom stereocenters. The van der Waals surface area contributed by atoms with E-state index in [4.69, 9.17) is 0 Å². The molecule has 0 saturated carbocycles. The third kappa shape index (κ3) is 11.1. The number of carbonyl (C=O) groups excluding carboxylic acids is 4. The number of urea groups is 1. The van der Waals surface area contributed by atoms with Crippen LogP contribution in [0.1, 0.15) is 54.2 Å². The van der Waals surface area contributed by atoms with Crippen molar-refractivity contribution < 1.29 is 97.2 Å². The number of aryl methyl sites for hydroxylation is 1. The normalized spacial score (nSPS) is 17.4. The van der Waals surface area contributed by atoms with E-state index >= 15 is 0 Å². The quantitative estimate of drug-likeness (QED) is 0.0719. The Morgan fingerprint density at radius 2 is 1.67 bits per heavy atom. The number of fused-ring (bicyclic) bond motifs is 2. The maximum atomic E-state index is 14.7. The zero-order valence-corrected chi connectivity index (χ0v) is 38.2. The van der Waals surface area contributed by atoms with Gasteiger partial charge in [0.1, 0.15) is 25.8 Å². The van der Waals surface area contributed by atoms with Crippen molar-refractivity contribution in [2.45, 2.75) is 58.9 Å². The van der Waals surface area contributed by atoms with Gasteiger partial charge in [0.2, 0.25) is 11.8 Å². The van der Waals surface area contributed by atoms with Crippen LogP contribution < -0.4 is 78.7 Å². The number of aromatic nitrogens is 1. The summed E-state index contributed by atoms with van der Waals surface area (Å²) in [5, 5.41) is 6.85. The number of nitrogens with one attached hydrogen (secondary N) is 1. The van der Waals surface area contributed by atoms with Crippen molar-refractivity contribution in [2.75, 3.05) is 19.6 Å². The predicted octanol–water partition coefficient (Wildman–Crippen LogP) is -2.25. The van der Waals surface area contributed by atoms with E-state index in [1.807, 2.05) is 87.1 Å². The molecule has 14 nitrogen and oxygen atoms in total. The predicted molar refractivity (Wildman–Crippen MR) is 202 cm³/mol. The first-order valence-corrected chi connectivity index (χ1v) is 19.5. The summed E-state index contributed by atoms with van der Waals surface area (Å²) < 4.78 is 17.6. The maximum absolute atomic E-state index is 14.7. The number of Topliss-reactive ketones (excluding diaryl/α,β-unsaturated/α-hetero) is 1. The number of nitrogens with zero attached hydrogens (tertiary/aromatic N) is 5. The summed E-state index contributed by atoms with van der Waals surface area (Å²) >= 11 is 0. The van der Waals surface area contributed by atoms with Gasteiger partial charge in [-0.3, -0.25) is 14.4 Å². The van der Waals surface area contributed by atoms with E-state index in [1.54, 1.807) is 16.0 Å². The minimum Gasteiger partial charge on any atom is -0.780 e. The molecule has 2 fully saturated rings. The number of phosphoric ester groups is 1. The zero-order valence-electron chi connectivity index (χ0n) is 33.3. The number of phosphoric acid groups is 1. The molecule has 1 aromatic heterocycles. The Kier molecular flexibility index (Phi) is 15.6. The topological polar surface area (TPSA) is 171 Å². The summed E-state index contributed by atoms with van der Waals surface area (Å²) in [6.45, 7) is 10.2. The first kappa shape index (κ1) is 46.4. The van der Waals surface area contributed by atoms with Gasteiger partial charge >= 0.3 is 65.1 Å². The third-order valence-electron chi connectivity index (χ3n) is 9.67. The number of hydrazine groups is 1. The number of hydrogen-bond donors (Lipinski definition) is 1. The molecule has 290 valence electrons.